The van der Waals surface area contributed by atoms with Gasteiger partial charge in [0.25, 0.3) is 0 Å². The van der Waals surface area contributed by atoms with Crippen molar-refractivity contribution in [2.24, 2.45) is 0 Å². The molecule has 0 amide bonds. The predicted molar refractivity (Wildman–Crippen MR) is 86.0 cm³/mol. The van der Waals surface area contributed by atoms with Crippen LogP contribution in [0.4, 0.5) is 0 Å². The Balaban J connectivity index is 1.86. The molecule has 1 fully saturated rings. The van der Waals surface area contributed by atoms with Crippen molar-refractivity contribution in [1.29, 1.82) is 0 Å². The fraction of sp³-hybridized carbons (Fsp3) is 1.00. The summed E-state index contributed by atoms with van der Waals surface area (Å²) in [7, 11) is 0. The molecule has 120 valence electrons. The van der Waals surface area contributed by atoms with E-state index in [2.05, 4.69) is 13.8 Å². The van der Waals surface area contributed by atoms with Crippen LogP contribution in [-0.4, -0.2) is 19.0 Å². The average Bonchev–Trinajstić information content (AvgIpc) is 2.90. The first kappa shape index (κ1) is 18.0. The summed E-state index contributed by atoms with van der Waals surface area (Å²) in [4.78, 5) is 0. The summed E-state index contributed by atoms with van der Waals surface area (Å²) in [5.41, 5.74) is 0. The Hall–Kier alpha value is -0.0800. The Morgan fingerprint density at radius 3 is 2.20 bits per heavy atom. The molecule has 0 aromatic heterocycles. The first-order valence-electron chi connectivity index (χ1n) is 9.13. The Morgan fingerprint density at radius 2 is 1.45 bits per heavy atom. The highest BCUT2D eigenvalue weighted by Gasteiger charge is 2.24. The third kappa shape index (κ3) is 8.97. The van der Waals surface area contributed by atoms with Gasteiger partial charge in [-0.25, -0.2) is 0 Å². The molecule has 1 heterocycles. The van der Waals surface area contributed by atoms with Crippen LogP contribution < -0.4 is 0 Å². The standard InChI is InChI=1S/C18H36O2/c1-3-5-7-8-9-10-12-16-19-18-15-14-17(20-18)13-11-6-4-2/h17-18H,3-16H2,1-2H3/t17-,18-/m1/s1. The lowest BCUT2D eigenvalue weighted by atomic mass is 10.1. The first-order chi connectivity index (χ1) is 9.86. The minimum Gasteiger partial charge on any atom is -0.353 e. The molecular weight excluding hydrogens is 248 g/mol. The normalized spacial score (nSPS) is 22.5. The molecule has 2 heteroatoms. The zero-order valence-corrected chi connectivity index (χ0v) is 13.9. The van der Waals surface area contributed by atoms with Crippen LogP contribution in [0.3, 0.4) is 0 Å². The van der Waals surface area contributed by atoms with Gasteiger partial charge in [-0.1, -0.05) is 71.6 Å². The van der Waals surface area contributed by atoms with E-state index in [1.807, 2.05) is 0 Å². The number of hydrogen-bond donors (Lipinski definition) is 0. The minimum atomic E-state index is 0.0988. The van der Waals surface area contributed by atoms with Crippen LogP contribution in [-0.2, 0) is 9.47 Å². The Kier molecular flexibility index (Phi) is 11.4. The second-order valence-corrected chi connectivity index (χ2v) is 6.25. The second kappa shape index (κ2) is 12.6. The van der Waals surface area contributed by atoms with E-state index in [9.17, 15) is 0 Å². The highest BCUT2D eigenvalue weighted by molar-refractivity contribution is 4.68. The molecule has 0 aromatic rings. The van der Waals surface area contributed by atoms with Crippen molar-refractivity contribution < 1.29 is 9.47 Å². The number of hydrogen-bond acceptors (Lipinski definition) is 2. The van der Waals surface area contributed by atoms with Gasteiger partial charge in [-0.2, -0.15) is 0 Å². The second-order valence-electron chi connectivity index (χ2n) is 6.25. The zero-order valence-electron chi connectivity index (χ0n) is 13.9. The quantitative estimate of drug-likeness (QED) is 0.396. The molecule has 0 unspecified atom stereocenters. The van der Waals surface area contributed by atoms with Crippen LogP contribution in [0.5, 0.6) is 0 Å². The van der Waals surface area contributed by atoms with E-state index >= 15 is 0 Å². The molecule has 1 rings (SSSR count). The van der Waals surface area contributed by atoms with Gasteiger partial charge in [0.2, 0.25) is 0 Å². The topological polar surface area (TPSA) is 18.5 Å². The third-order valence-electron chi connectivity index (χ3n) is 4.25. The van der Waals surface area contributed by atoms with E-state index < -0.39 is 0 Å². The van der Waals surface area contributed by atoms with Crippen LogP contribution in [0.25, 0.3) is 0 Å². The Morgan fingerprint density at radius 1 is 0.800 bits per heavy atom. The van der Waals surface area contributed by atoms with Gasteiger partial charge >= 0.3 is 0 Å². The maximum Gasteiger partial charge on any atom is 0.158 e. The lowest BCUT2D eigenvalue weighted by Crippen LogP contribution is -2.15. The summed E-state index contributed by atoms with van der Waals surface area (Å²) in [6.07, 6.45) is 17.5. The summed E-state index contributed by atoms with van der Waals surface area (Å²) in [6.45, 7) is 5.41. The van der Waals surface area contributed by atoms with Gasteiger partial charge in [0, 0.05) is 13.0 Å². The molecule has 2 nitrogen and oxygen atoms in total. The summed E-state index contributed by atoms with van der Waals surface area (Å²) in [6, 6.07) is 0. The van der Waals surface area contributed by atoms with Gasteiger partial charge in [-0.05, 0) is 19.3 Å². The molecule has 0 N–H and O–H groups in total. The van der Waals surface area contributed by atoms with Crippen LogP contribution in [0.15, 0.2) is 0 Å². The van der Waals surface area contributed by atoms with Gasteiger partial charge in [-0.3, -0.25) is 0 Å². The molecule has 2 atom stereocenters. The monoisotopic (exact) mass is 284 g/mol. The van der Waals surface area contributed by atoms with Crippen LogP contribution in [0, 0.1) is 0 Å². The lowest BCUT2D eigenvalue weighted by Gasteiger charge is -2.14. The fourth-order valence-corrected chi connectivity index (χ4v) is 2.90. The molecule has 1 aliphatic rings. The van der Waals surface area contributed by atoms with Crippen molar-refractivity contribution in [3.05, 3.63) is 0 Å². The van der Waals surface area contributed by atoms with Crippen LogP contribution in [0.1, 0.15) is 97.3 Å². The average molecular weight is 284 g/mol. The van der Waals surface area contributed by atoms with E-state index in [-0.39, 0.29) is 6.29 Å². The summed E-state index contributed by atoms with van der Waals surface area (Å²) in [5, 5.41) is 0. The van der Waals surface area contributed by atoms with Crippen molar-refractivity contribution >= 4 is 0 Å². The molecule has 0 saturated carbocycles. The molecular formula is C18H36O2. The lowest BCUT2D eigenvalue weighted by molar-refractivity contribution is -0.135. The fourth-order valence-electron chi connectivity index (χ4n) is 2.90. The van der Waals surface area contributed by atoms with Gasteiger partial charge in [0.05, 0.1) is 6.10 Å². The molecule has 0 bridgehead atoms. The molecule has 1 aliphatic heterocycles. The maximum atomic E-state index is 5.95. The molecule has 0 aromatic carbocycles. The predicted octanol–water partition coefficient (Wildman–Crippen LogP) is 5.84. The number of rotatable bonds is 13. The highest BCUT2D eigenvalue weighted by Crippen LogP contribution is 2.24. The number of ether oxygens (including phenoxy) is 2. The van der Waals surface area contributed by atoms with Crippen molar-refractivity contribution in [1.82, 2.24) is 0 Å². The smallest absolute Gasteiger partial charge is 0.158 e. The first-order valence-corrected chi connectivity index (χ1v) is 9.13. The molecule has 0 spiro atoms. The molecule has 1 saturated heterocycles. The minimum absolute atomic E-state index is 0.0988. The van der Waals surface area contributed by atoms with E-state index in [1.54, 1.807) is 0 Å². The molecule has 0 aliphatic carbocycles. The molecule has 20 heavy (non-hydrogen) atoms. The van der Waals surface area contributed by atoms with Gasteiger partial charge in [0.15, 0.2) is 6.29 Å². The summed E-state index contributed by atoms with van der Waals surface area (Å²) in [5.74, 6) is 0. The van der Waals surface area contributed by atoms with E-state index in [4.69, 9.17) is 9.47 Å². The van der Waals surface area contributed by atoms with E-state index in [1.165, 1.54) is 77.0 Å². The summed E-state index contributed by atoms with van der Waals surface area (Å²) < 4.78 is 11.8. The highest BCUT2D eigenvalue weighted by atomic mass is 16.7. The maximum absolute atomic E-state index is 5.95. The Bertz CT molecular complexity index is 206. The Labute approximate surface area is 126 Å². The van der Waals surface area contributed by atoms with Crippen LogP contribution in [0.2, 0.25) is 0 Å². The number of unbranched alkanes of at least 4 members (excludes halogenated alkanes) is 8. The van der Waals surface area contributed by atoms with Crippen LogP contribution >= 0.6 is 0 Å². The molecule has 0 radical (unpaired) electrons. The zero-order chi connectivity index (χ0) is 14.5. The van der Waals surface area contributed by atoms with E-state index in [0.29, 0.717) is 6.10 Å². The van der Waals surface area contributed by atoms with Gasteiger partial charge in [0.1, 0.15) is 0 Å². The van der Waals surface area contributed by atoms with Crippen molar-refractivity contribution in [3.8, 4) is 0 Å². The van der Waals surface area contributed by atoms with Crippen molar-refractivity contribution in [3.63, 3.8) is 0 Å². The van der Waals surface area contributed by atoms with Crippen molar-refractivity contribution in [2.75, 3.05) is 6.61 Å². The SMILES string of the molecule is CCCCCCCCCO[C@H]1CC[C@@H](CCCCC)O1. The van der Waals surface area contributed by atoms with Crippen molar-refractivity contribution in [2.45, 2.75) is 110 Å². The van der Waals surface area contributed by atoms with Gasteiger partial charge < -0.3 is 9.47 Å². The summed E-state index contributed by atoms with van der Waals surface area (Å²) >= 11 is 0. The largest absolute Gasteiger partial charge is 0.353 e. The third-order valence-corrected chi connectivity index (χ3v) is 4.25. The van der Waals surface area contributed by atoms with Gasteiger partial charge in [-0.15, -0.1) is 0 Å². The van der Waals surface area contributed by atoms with E-state index in [0.717, 1.165) is 13.0 Å².